The second kappa shape index (κ2) is 6.73. The Bertz CT molecular complexity index is 419. The molecule has 1 aromatic rings. The third-order valence-corrected chi connectivity index (χ3v) is 5.00. The minimum absolute atomic E-state index is 0.279. The summed E-state index contributed by atoms with van der Waals surface area (Å²) in [5, 5.41) is 3.85. The summed E-state index contributed by atoms with van der Waals surface area (Å²) in [7, 11) is 4.51. The number of nitrogens with one attached hydrogen (secondary N) is 1. The molecule has 1 atom stereocenters. The van der Waals surface area contributed by atoms with Gasteiger partial charge >= 0.3 is 0 Å². The summed E-state index contributed by atoms with van der Waals surface area (Å²) in [5.41, 5.74) is 3.17. The van der Waals surface area contributed by atoms with Crippen LogP contribution in [0.5, 0.6) is 0 Å². The molecule has 0 amide bonds. The molecule has 112 valence electrons. The molecule has 0 bridgehead atoms. The largest absolute Gasteiger partial charge is 0.308 e. The van der Waals surface area contributed by atoms with Crippen molar-refractivity contribution in [1.29, 1.82) is 0 Å². The van der Waals surface area contributed by atoms with E-state index in [4.69, 9.17) is 0 Å². The van der Waals surface area contributed by atoms with Crippen molar-refractivity contribution in [1.82, 2.24) is 10.2 Å². The van der Waals surface area contributed by atoms with Gasteiger partial charge in [0.1, 0.15) is 0 Å². The van der Waals surface area contributed by atoms with Crippen molar-refractivity contribution < 1.29 is 0 Å². The average molecular weight is 274 g/mol. The SMILES string of the molecule is CCCNC(c1ccccc1C)C1(N(C)C)CCCC1. The smallest absolute Gasteiger partial charge is 0.0509 e. The zero-order valence-electron chi connectivity index (χ0n) is 13.6. The highest BCUT2D eigenvalue weighted by Crippen LogP contribution is 2.44. The molecule has 1 fully saturated rings. The van der Waals surface area contributed by atoms with E-state index in [0.29, 0.717) is 6.04 Å². The molecule has 1 N–H and O–H groups in total. The maximum absolute atomic E-state index is 3.85. The van der Waals surface area contributed by atoms with E-state index in [0.717, 1.165) is 6.54 Å². The molecule has 2 rings (SSSR count). The highest BCUT2D eigenvalue weighted by molar-refractivity contribution is 5.32. The monoisotopic (exact) mass is 274 g/mol. The Hall–Kier alpha value is -0.860. The van der Waals surface area contributed by atoms with Gasteiger partial charge in [-0.15, -0.1) is 0 Å². The topological polar surface area (TPSA) is 15.3 Å². The molecule has 1 unspecified atom stereocenters. The molecular formula is C18H30N2. The number of aryl methyl sites for hydroxylation is 1. The molecule has 0 spiro atoms. The van der Waals surface area contributed by atoms with Crippen molar-refractivity contribution in [2.75, 3.05) is 20.6 Å². The van der Waals surface area contributed by atoms with Crippen molar-refractivity contribution in [3.05, 3.63) is 35.4 Å². The lowest BCUT2D eigenvalue weighted by molar-refractivity contribution is 0.104. The fraction of sp³-hybridized carbons (Fsp3) is 0.667. The van der Waals surface area contributed by atoms with Crippen molar-refractivity contribution in [2.45, 2.75) is 57.5 Å². The third-order valence-electron chi connectivity index (χ3n) is 5.00. The predicted octanol–water partition coefficient (Wildman–Crippen LogP) is 3.91. The van der Waals surface area contributed by atoms with E-state index >= 15 is 0 Å². The van der Waals surface area contributed by atoms with Crippen LogP contribution in [0.3, 0.4) is 0 Å². The lowest BCUT2D eigenvalue weighted by Crippen LogP contribution is -2.52. The van der Waals surface area contributed by atoms with Gasteiger partial charge in [-0.3, -0.25) is 0 Å². The predicted molar refractivity (Wildman–Crippen MR) is 87.1 cm³/mol. The van der Waals surface area contributed by atoms with Gasteiger partial charge in [0.25, 0.3) is 0 Å². The third kappa shape index (κ3) is 2.91. The lowest BCUT2D eigenvalue weighted by Gasteiger charge is -2.44. The fourth-order valence-electron chi connectivity index (χ4n) is 3.77. The van der Waals surface area contributed by atoms with E-state index in [1.807, 2.05) is 0 Å². The van der Waals surface area contributed by atoms with Crippen molar-refractivity contribution in [3.8, 4) is 0 Å². The van der Waals surface area contributed by atoms with E-state index in [-0.39, 0.29) is 5.54 Å². The quantitative estimate of drug-likeness (QED) is 0.846. The standard InChI is InChI=1S/C18H30N2/c1-5-14-19-17(16-11-7-6-10-15(16)2)18(20(3)4)12-8-9-13-18/h6-7,10-11,17,19H,5,8-9,12-14H2,1-4H3. The molecule has 2 heteroatoms. The molecule has 0 aromatic heterocycles. The molecule has 0 saturated heterocycles. The van der Waals surface area contributed by atoms with Crippen LogP contribution in [0.2, 0.25) is 0 Å². The Morgan fingerprint density at radius 2 is 1.85 bits per heavy atom. The molecule has 2 nitrogen and oxygen atoms in total. The van der Waals surface area contributed by atoms with E-state index in [2.05, 4.69) is 62.4 Å². The van der Waals surface area contributed by atoms with E-state index < -0.39 is 0 Å². The summed E-state index contributed by atoms with van der Waals surface area (Å²) in [6, 6.07) is 9.33. The molecule has 1 saturated carbocycles. The summed E-state index contributed by atoms with van der Waals surface area (Å²) in [5.74, 6) is 0. The molecule has 0 aliphatic heterocycles. The Balaban J connectivity index is 2.38. The van der Waals surface area contributed by atoms with Gasteiger partial charge in [-0.2, -0.15) is 0 Å². The van der Waals surface area contributed by atoms with Crippen LogP contribution in [-0.4, -0.2) is 31.1 Å². The molecule has 1 aromatic carbocycles. The van der Waals surface area contributed by atoms with Gasteiger partial charge < -0.3 is 10.2 Å². The zero-order valence-corrected chi connectivity index (χ0v) is 13.6. The second-order valence-corrected chi connectivity index (χ2v) is 6.45. The molecule has 0 heterocycles. The minimum Gasteiger partial charge on any atom is -0.308 e. The van der Waals surface area contributed by atoms with Crippen LogP contribution in [0, 0.1) is 6.92 Å². The van der Waals surface area contributed by atoms with E-state index in [1.54, 1.807) is 0 Å². The van der Waals surface area contributed by atoms with Crippen LogP contribution in [0.1, 0.15) is 56.2 Å². The number of nitrogens with zero attached hydrogens (tertiary/aromatic N) is 1. The first-order valence-electron chi connectivity index (χ1n) is 8.08. The van der Waals surface area contributed by atoms with Gasteiger partial charge in [0.15, 0.2) is 0 Å². The maximum Gasteiger partial charge on any atom is 0.0509 e. The van der Waals surface area contributed by atoms with Gasteiger partial charge in [0.05, 0.1) is 6.04 Å². The van der Waals surface area contributed by atoms with Crippen LogP contribution in [0.25, 0.3) is 0 Å². The number of rotatable bonds is 6. The van der Waals surface area contributed by atoms with Crippen LogP contribution >= 0.6 is 0 Å². The van der Waals surface area contributed by atoms with Crippen LogP contribution in [0.15, 0.2) is 24.3 Å². The highest BCUT2D eigenvalue weighted by Gasteiger charge is 2.43. The van der Waals surface area contributed by atoms with Crippen molar-refractivity contribution in [2.24, 2.45) is 0 Å². The molecular weight excluding hydrogens is 244 g/mol. The summed E-state index contributed by atoms with van der Waals surface area (Å²) in [6.07, 6.45) is 6.50. The van der Waals surface area contributed by atoms with E-state index in [1.165, 1.54) is 43.2 Å². The normalized spacial score (nSPS) is 19.4. The van der Waals surface area contributed by atoms with Gasteiger partial charge in [-0.25, -0.2) is 0 Å². The van der Waals surface area contributed by atoms with E-state index in [9.17, 15) is 0 Å². The van der Waals surface area contributed by atoms with Gasteiger partial charge in [-0.1, -0.05) is 44.0 Å². The second-order valence-electron chi connectivity index (χ2n) is 6.45. The Labute approximate surface area is 124 Å². The number of benzene rings is 1. The van der Waals surface area contributed by atoms with Gasteiger partial charge in [-0.05, 0) is 58.0 Å². The zero-order chi connectivity index (χ0) is 14.6. The summed E-state index contributed by atoms with van der Waals surface area (Å²) in [6.45, 7) is 5.59. The molecule has 1 aliphatic carbocycles. The van der Waals surface area contributed by atoms with Crippen molar-refractivity contribution in [3.63, 3.8) is 0 Å². The first kappa shape index (κ1) is 15.5. The minimum atomic E-state index is 0.279. The first-order chi connectivity index (χ1) is 9.62. The molecule has 20 heavy (non-hydrogen) atoms. The van der Waals surface area contributed by atoms with Crippen LogP contribution < -0.4 is 5.32 Å². The number of hydrogen-bond acceptors (Lipinski definition) is 2. The Morgan fingerprint density at radius 3 is 2.40 bits per heavy atom. The van der Waals surface area contributed by atoms with Crippen molar-refractivity contribution >= 4 is 0 Å². The van der Waals surface area contributed by atoms with Crippen LogP contribution in [-0.2, 0) is 0 Å². The summed E-state index contributed by atoms with van der Waals surface area (Å²) < 4.78 is 0. The summed E-state index contributed by atoms with van der Waals surface area (Å²) in [4.78, 5) is 2.47. The number of likely N-dealkylation sites (N-methyl/N-ethyl adjacent to an activating group) is 1. The average Bonchev–Trinajstić information content (AvgIpc) is 2.92. The maximum atomic E-state index is 3.85. The molecule has 1 aliphatic rings. The molecule has 0 radical (unpaired) electrons. The van der Waals surface area contributed by atoms with Gasteiger partial charge in [0, 0.05) is 5.54 Å². The Morgan fingerprint density at radius 1 is 1.20 bits per heavy atom. The van der Waals surface area contributed by atoms with Crippen LogP contribution in [0.4, 0.5) is 0 Å². The fourth-order valence-corrected chi connectivity index (χ4v) is 3.77. The Kier molecular flexibility index (Phi) is 5.22. The highest BCUT2D eigenvalue weighted by atomic mass is 15.2. The lowest BCUT2D eigenvalue weighted by atomic mass is 9.81. The summed E-state index contributed by atoms with van der Waals surface area (Å²) >= 11 is 0. The van der Waals surface area contributed by atoms with Gasteiger partial charge in [0.2, 0.25) is 0 Å². The first-order valence-corrected chi connectivity index (χ1v) is 8.08. The number of hydrogen-bond donors (Lipinski definition) is 1.